The van der Waals surface area contributed by atoms with E-state index < -0.39 is 5.41 Å². The molecule has 9 heteroatoms. The summed E-state index contributed by atoms with van der Waals surface area (Å²) >= 11 is 0. The van der Waals surface area contributed by atoms with Gasteiger partial charge in [0, 0.05) is 37.6 Å². The average Bonchev–Trinajstić information content (AvgIpc) is 3.53. The maximum atomic E-state index is 13.5. The van der Waals surface area contributed by atoms with Gasteiger partial charge in [-0.15, -0.1) is 0 Å². The minimum atomic E-state index is -0.455. The fourth-order valence-corrected chi connectivity index (χ4v) is 6.41. The maximum absolute atomic E-state index is 13.5. The summed E-state index contributed by atoms with van der Waals surface area (Å²) in [6, 6.07) is 13.7. The van der Waals surface area contributed by atoms with Crippen molar-refractivity contribution in [2.24, 2.45) is 5.41 Å². The Morgan fingerprint density at radius 3 is 2.38 bits per heavy atom. The van der Waals surface area contributed by atoms with Gasteiger partial charge in [0.2, 0.25) is 11.8 Å². The van der Waals surface area contributed by atoms with Crippen LogP contribution in [0, 0.1) is 12.3 Å². The van der Waals surface area contributed by atoms with Crippen LogP contribution in [0.2, 0.25) is 0 Å². The van der Waals surface area contributed by atoms with Crippen LogP contribution in [0.1, 0.15) is 67.3 Å². The molecule has 42 heavy (non-hydrogen) atoms. The first kappa shape index (κ1) is 29.9. The second-order valence-corrected chi connectivity index (χ2v) is 12.0. The van der Waals surface area contributed by atoms with E-state index in [-0.39, 0.29) is 17.7 Å². The molecule has 3 heterocycles. The number of fused-ring (bicyclic) bond motifs is 1. The van der Waals surface area contributed by atoms with Crippen LogP contribution in [-0.4, -0.2) is 75.0 Å². The number of ether oxygens (including phenoxy) is 1. The molecule has 0 bridgehead atoms. The first-order chi connectivity index (χ1) is 20.4. The van der Waals surface area contributed by atoms with Gasteiger partial charge in [-0.05, 0) is 101 Å². The van der Waals surface area contributed by atoms with E-state index >= 15 is 0 Å². The fraction of sp³-hybridized carbons (Fsp3) is 0.545. The van der Waals surface area contributed by atoms with Gasteiger partial charge in [0.15, 0.2) is 0 Å². The number of hydrogen-bond acceptors (Lipinski definition) is 6. The molecular weight excluding hydrogens is 530 g/mol. The Bertz CT molecular complexity index is 1230. The molecule has 0 aromatic heterocycles. The molecule has 0 radical (unpaired) electrons. The molecule has 226 valence electrons. The summed E-state index contributed by atoms with van der Waals surface area (Å²) in [5.41, 5.74) is 3.04. The number of carbonyl (C=O) groups excluding carboxylic acids is 3. The SMILES string of the molecule is Cc1cccc2c1OCCCNC(=O)C1(CCCCNC2=O)CCN(CC(=O)Nc2ccc(N3CCCC3)cc2)CC1. The molecule has 3 N–H and O–H groups in total. The zero-order chi connectivity index (χ0) is 29.4. The van der Waals surface area contributed by atoms with Crippen LogP contribution in [0.5, 0.6) is 5.75 Å². The Morgan fingerprint density at radius 1 is 0.881 bits per heavy atom. The first-order valence-electron chi connectivity index (χ1n) is 15.6. The number of piperidine rings is 1. The number of anilines is 2. The number of benzene rings is 2. The van der Waals surface area contributed by atoms with Crippen LogP contribution in [0.4, 0.5) is 11.4 Å². The summed E-state index contributed by atoms with van der Waals surface area (Å²) in [7, 11) is 0. The van der Waals surface area contributed by atoms with Gasteiger partial charge in [-0.1, -0.05) is 18.6 Å². The molecular formula is C33H45N5O4. The molecule has 0 atom stereocenters. The number of amides is 3. The normalized spacial score (nSPS) is 20.5. The van der Waals surface area contributed by atoms with Gasteiger partial charge in [-0.25, -0.2) is 0 Å². The third-order valence-corrected chi connectivity index (χ3v) is 8.96. The van der Waals surface area contributed by atoms with Crippen LogP contribution < -0.4 is 25.6 Å². The Labute approximate surface area is 249 Å². The van der Waals surface area contributed by atoms with Crippen molar-refractivity contribution in [3.05, 3.63) is 53.6 Å². The van der Waals surface area contributed by atoms with Crippen molar-refractivity contribution in [2.75, 3.05) is 62.6 Å². The predicted octanol–water partition coefficient (Wildman–Crippen LogP) is 4.11. The van der Waals surface area contributed by atoms with Crippen molar-refractivity contribution in [3.63, 3.8) is 0 Å². The fourth-order valence-electron chi connectivity index (χ4n) is 6.41. The molecule has 5 rings (SSSR count). The third kappa shape index (κ3) is 7.43. The van der Waals surface area contributed by atoms with Crippen molar-refractivity contribution in [3.8, 4) is 5.75 Å². The molecule has 0 unspecified atom stereocenters. The standard InChI is InChI=1S/C33H45N5O4/c1-25-8-6-9-28-30(25)42-23-7-18-35-32(41)33(14-2-3-17-34-31(28)40)15-21-37(22-16-33)24-29(39)36-26-10-12-27(13-11-26)38-19-4-5-20-38/h6,8-13H,2-5,7,14-24H2,1H3,(H,34,40)(H,35,41)(H,36,39). The number of aryl methyl sites for hydroxylation is 1. The molecule has 1 spiro atoms. The van der Waals surface area contributed by atoms with Gasteiger partial charge in [-0.2, -0.15) is 0 Å². The predicted molar refractivity (Wildman–Crippen MR) is 165 cm³/mol. The Kier molecular flexibility index (Phi) is 10.00. The van der Waals surface area contributed by atoms with Crippen LogP contribution in [0.25, 0.3) is 0 Å². The van der Waals surface area contributed by atoms with Crippen molar-refractivity contribution >= 4 is 29.1 Å². The van der Waals surface area contributed by atoms with Gasteiger partial charge in [-0.3, -0.25) is 19.3 Å². The van der Waals surface area contributed by atoms with Gasteiger partial charge in [0.25, 0.3) is 5.91 Å². The lowest BCUT2D eigenvalue weighted by atomic mass is 9.73. The number of hydrogen-bond donors (Lipinski definition) is 3. The minimum Gasteiger partial charge on any atom is -0.492 e. The van der Waals surface area contributed by atoms with E-state index in [4.69, 9.17) is 4.74 Å². The molecule has 0 saturated carbocycles. The summed E-state index contributed by atoms with van der Waals surface area (Å²) in [5.74, 6) is 0.559. The number of likely N-dealkylation sites (tertiary alicyclic amines) is 1. The molecule has 2 saturated heterocycles. The zero-order valence-electron chi connectivity index (χ0n) is 24.9. The highest BCUT2D eigenvalue weighted by atomic mass is 16.5. The number of nitrogens with one attached hydrogen (secondary N) is 3. The van der Waals surface area contributed by atoms with Crippen LogP contribution in [0.3, 0.4) is 0 Å². The minimum absolute atomic E-state index is 0.0293. The monoisotopic (exact) mass is 575 g/mol. The van der Waals surface area contributed by atoms with Crippen molar-refractivity contribution in [1.29, 1.82) is 0 Å². The van der Waals surface area contributed by atoms with E-state index in [9.17, 15) is 14.4 Å². The van der Waals surface area contributed by atoms with E-state index in [2.05, 4.69) is 37.9 Å². The number of nitrogens with zero attached hydrogens (tertiary/aromatic N) is 2. The van der Waals surface area contributed by atoms with E-state index in [1.54, 1.807) is 6.07 Å². The highest BCUT2D eigenvalue weighted by Gasteiger charge is 2.40. The van der Waals surface area contributed by atoms with E-state index in [0.717, 1.165) is 43.6 Å². The second-order valence-electron chi connectivity index (χ2n) is 12.0. The average molecular weight is 576 g/mol. The molecule has 0 aliphatic carbocycles. The summed E-state index contributed by atoms with van der Waals surface area (Å²) in [4.78, 5) is 43.7. The second kappa shape index (κ2) is 14.1. The molecule has 3 aliphatic rings. The largest absolute Gasteiger partial charge is 0.492 e. The number of carbonyl (C=O) groups is 3. The number of rotatable bonds is 4. The van der Waals surface area contributed by atoms with E-state index in [1.165, 1.54) is 18.5 Å². The van der Waals surface area contributed by atoms with Crippen molar-refractivity contribution < 1.29 is 19.1 Å². The Morgan fingerprint density at radius 2 is 1.62 bits per heavy atom. The molecule has 9 nitrogen and oxygen atoms in total. The summed E-state index contributed by atoms with van der Waals surface area (Å²) in [5, 5.41) is 9.24. The van der Waals surface area contributed by atoms with Crippen molar-refractivity contribution in [2.45, 2.75) is 58.3 Å². The summed E-state index contributed by atoms with van der Waals surface area (Å²) < 4.78 is 6.00. The number of para-hydroxylation sites is 1. The highest BCUT2D eigenvalue weighted by molar-refractivity contribution is 5.97. The van der Waals surface area contributed by atoms with Crippen molar-refractivity contribution in [1.82, 2.24) is 15.5 Å². The van der Waals surface area contributed by atoms with E-state index in [0.29, 0.717) is 69.9 Å². The molecule has 2 aromatic carbocycles. The van der Waals surface area contributed by atoms with Crippen LogP contribution in [-0.2, 0) is 9.59 Å². The lowest BCUT2D eigenvalue weighted by Gasteiger charge is -2.40. The van der Waals surface area contributed by atoms with Gasteiger partial charge < -0.3 is 25.6 Å². The van der Waals surface area contributed by atoms with Crippen LogP contribution >= 0.6 is 0 Å². The summed E-state index contributed by atoms with van der Waals surface area (Å²) in [6.45, 7) is 7.34. The Hall–Kier alpha value is -3.59. The quantitative estimate of drug-likeness (QED) is 0.507. The lowest BCUT2D eigenvalue weighted by Crippen LogP contribution is -2.50. The maximum Gasteiger partial charge on any atom is 0.255 e. The smallest absolute Gasteiger partial charge is 0.255 e. The topological polar surface area (TPSA) is 103 Å². The molecule has 3 amide bonds. The van der Waals surface area contributed by atoms with Gasteiger partial charge >= 0.3 is 0 Å². The molecule has 3 aliphatic heterocycles. The van der Waals surface area contributed by atoms with Crippen LogP contribution in [0.15, 0.2) is 42.5 Å². The summed E-state index contributed by atoms with van der Waals surface area (Å²) in [6.07, 6.45) is 6.96. The molecule has 2 aromatic rings. The first-order valence-corrected chi connectivity index (χ1v) is 15.6. The molecule has 2 fully saturated rings. The van der Waals surface area contributed by atoms with Gasteiger partial charge in [0.05, 0.1) is 24.1 Å². The lowest BCUT2D eigenvalue weighted by molar-refractivity contribution is -0.134. The third-order valence-electron chi connectivity index (χ3n) is 8.96. The van der Waals surface area contributed by atoms with Gasteiger partial charge in [0.1, 0.15) is 5.75 Å². The zero-order valence-corrected chi connectivity index (χ0v) is 24.9. The highest BCUT2D eigenvalue weighted by Crippen LogP contribution is 2.37. The van der Waals surface area contributed by atoms with E-state index in [1.807, 2.05) is 31.2 Å². The Balaban J connectivity index is 1.13.